The highest BCUT2D eigenvalue weighted by Gasteiger charge is 2.38. The number of hydrogen-bond donors (Lipinski definition) is 1. The molecule has 2 N–H and O–H groups in total. The van der Waals surface area contributed by atoms with Crippen LogP contribution in [-0.4, -0.2) is 30.1 Å². The van der Waals surface area contributed by atoms with Gasteiger partial charge in [-0.2, -0.15) is 0 Å². The molecule has 0 radical (unpaired) electrons. The maximum Gasteiger partial charge on any atom is 0.404 e. The fraction of sp³-hybridized carbons (Fsp3) is 0.304. The van der Waals surface area contributed by atoms with Gasteiger partial charge in [0, 0.05) is 34.9 Å². The van der Waals surface area contributed by atoms with Gasteiger partial charge >= 0.3 is 6.09 Å². The SMILES string of the molecule is CC(C)(C)C(COC(N)=O)C1c2cccc(c2)-c2cc1cn2S(=O)(=O)c1cncc(Br)c1. The van der Waals surface area contributed by atoms with Crippen molar-refractivity contribution in [2.24, 2.45) is 17.1 Å². The van der Waals surface area contributed by atoms with E-state index >= 15 is 0 Å². The lowest BCUT2D eigenvalue weighted by Crippen LogP contribution is -2.33. The minimum absolute atomic E-state index is 0.0907. The molecule has 4 bridgehead atoms. The maximum absolute atomic E-state index is 13.5. The molecule has 1 aromatic carbocycles. The van der Waals surface area contributed by atoms with Gasteiger partial charge in [-0.15, -0.1) is 0 Å². The van der Waals surface area contributed by atoms with Gasteiger partial charge in [-0.1, -0.05) is 39.0 Å². The Morgan fingerprint density at radius 3 is 2.62 bits per heavy atom. The average Bonchev–Trinajstić information content (AvgIpc) is 3.12. The van der Waals surface area contributed by atoms with Gasteiger partial charge in [0.1, 0.15) is 4.90 Å². The lowest BCUT2D eigenvalue weighted by molar-refractivity contribution is 0.0870. The molecule has 0 aliphatic heterocycles. The Morgan fingerprint density at radius 2 is 1.97 bits per heavy atom. The number of hydrogen-bond acceptors (Lipinski definition) is 5. The van der Waals surface area contributed by atoms with E-state index in [9.17, 15) is 13.2 Å². The standard InChI is InChI=1S/C23H24BrN3O4S/c1-23(2,3)19(13-31-22(25)28)21-15-6-4-5-14(7-15)20-8-16(21)12-27(20)32(29,30)18-9-17(24)10-26-11-18/h4-12,19,21H,13H2,1-3H3,(H2,25,28). The van der Waals surface area contributed by atoms with Crippen molar-refractivity contribution >= 4 is 32.0 Å². The summed E-state index contributed by atoms with van der Waals surface area (Å²) >= 11 is 3.30. The minimum atomic E-state index is -3.88. The topological polar surface area (TPSA) is 104 Å². The number of fused-ring (bicyclic) bond motifs is 5. The van der Waals surface area contributed by atoms with Crippen molar-refractivity contribution < 1.29 is 17.9 Å². The van der Waals surface area contributed by atoms with Crippen LogP contribution < -0.4 is 5.73 Å². The summed E-state index contributed by atoms with van der Waals surface area (Å²) in [7, 11) is -3.88. The second-order valence-corrected chi connectivity index (χ2v) is 11.7. The van der Waals surface area contributed by atoms with Gasteiger partial charge < -0.3 is 10.5 Å². The van der Waals surface area contributed by atoms with Crippen molar-refractivity contribution in [2.45, 2.75) is 31.6 Å². The van der Waals surface area contributed by atoms with Gasteiger partial charge in [-0.05, 0) is 56.2 Å². The van der Waals surface area contributed by atoms with E-state index in [1.165, 1.54) is 22.4 Å². The van der Waals surface area contributed by atoms with Crippen LogP contribution in [0.5, 0.6) is 0 Å². The lowest BCUT2D eigenvalue weighted by Gasteiger charge is -2.37. The molecule has 3 aromatic rings. The van der Waals surface area contributed by atoms with Crippen molar-refractivity contribution in [1.29, 1.82) is 0 Å². The molecule has 2 heterocycles. The van der Waals surface area contributed by atoms with Crippen LogP contribution in [0.3, 0.4) is 0 Å². The van der Waals surface area contributed by atoms with E-state index in [1.54, 1.807) is 6.20 Å². The molecule has 4 rings (SSSR count). The van der Waals surface area contributed by atoms with Crippen LogP contribution in [0.15, 0.2) is 64.4 Å². The fourth-order valence-electron chi connectivity index (χ4n) is 4.26. The largest absolute Gasteiger partial charge is 0.449 e. The molecule has 2 atom stereocenters. The molecule has 2 aromatic heterocycles. The number of benzene rings is 1. The highest BCUT2D eigenvalue weighted by Crippen LogP contribution is 2.46. The highest BCUT2D eigenvalue weighted by molar-refractivity contribution is 9.10. The molecule has 0 saturated heterocycles. The van der Waals surface area contributed by atoms with E-state index < -0.39 is 16.1 Å². The van der Waals surface area contributed by atoms with E-state index in [4.69, 9.17) is 10.5 Å². The molecule has 9 heteroatoms. The van der Waals surface area contributed by atoms with Gasteiger partial charge in [0.05, 0.1) is 12.3 Å². The number of aromatic nitrogens is 2. The van der Waals surface area contributed by atoms with Gasteiger partial charge in [0.15, 0.2) is 0 Å². The van der Waals surface area contributed by atoms with Gasteiger partial charge in [0.2, 0.25) is 0 Å². The zero-order chi connectivity index (χ0) is 23.3. The predicted octanol–water partition coefficient (Wildman–Crippen LogP) is 4.75. The normalized spacial score (nSPS) is 16.3. The molecule has 1 aliphatic carbocycles. The molecule has 1 amide bonds. The fourth-order valence-corrected chi connectivity index (χ4v) is 6.15. The third-order valence-corrected chi connectivity index (χ3v) is 7.94. The zero-order valence-corrected chi connectivity index (χ0v) is 20.4. The van der Waals surface area contributed by atoms with Crippen LogP contribution in [0.2, 0.25) is 0 Å². The first-order chi connectivity index (χ1) is 15.0. The van der Waals surface area contributed by atoms with Crippen LogP contribution >= 0.6 is 15.9 Å². The van der Waals surface area contributed by atoms with Gasteiger partial charge in [-0.3, -0.25) is 4.98 Å². The number of halogens is 1. The smallest absolute Gasteiger partial charge is 0.404 e. The highest BCUT2D eigenvalue weighted by atomic mass is 79.9. The lowest BCUT2D eigenvalue weighted by atomic mass is 9.69. The molecule has 32 heavy (non-hydrogen) atoms. The first kappa shape index (κ1) is 22.5. The molecule has 0 spiro atoms. The van der Waals surface area contributed by atoms with Crippen molar-refractivity contribution in [3.05, 3.63) is 70.6 Å². The number of ether oxygens (including phenoxy) is 1. The Hall–Kier alpha value is -2.65. The Balaban J connectivity index is 1.89. The number of nitrogens with zero attached hydrogens (tertiary/aromatic N) is 2. The van der Waals surface area contributed by atoms with Crippen LogP contribution in [0.1, 0.15) is 37.8 Å². The van der Waals surface area contributed by atoms with E-state index in [0.717, 1.165) is 16.7 Å². The summed E-state index contributed by atoms with van der Waals surface area (Å²) in [6.07, 6.45) is 3.71. The first-order valence-corrected chi connectivity index (χ1v) is 12.3. The summed E-state index contributed by atoms with van der Waals surface area (Å²) in [5.41, 5.74) is 8.24. The summed E-state index contributed by atoms with van der Waals surface area (Å²) in [4.78, 5) is 15.5. The van der Waals surface area contributed by atoms with E-state index in [1.807, 2.05) is 30.3 Å². The molecule has 168 valence electrons. The van der Waals surface area contributed by atoms with Crippen molar-refractivity contribution in [2.75, 3.05) is 6.61 Å². The third-order valence-electron chi connectivity index (χ3n) is 5.86. The van der Waals surface area contributed by atoms with Crippen LogP contribution in [0.25, 0.3) is 11.3 Å². The van der Waals surface area contributed by atoms with Crippen LogP contribution in [0, 0.1) is 11.3 Å². The molecule has 0 saturated carbocycles. The number of amides is 1. The summed E-state index contributed by atoms with van der Waals surface area (Å²) in [6.45, 7) is 6.33. The Bertz CT molecular complexity index is 1290. The predicted molar refractivity (Wildman–Crippen MR) is 125 cm³/mol. The monoisotopic (exact) mass is 517 g/mol. The molecular weight excluding hydrogens is 494 g/mol. The van der Waals surface area contributed by atoms with Crippen LogP contribution in [-0.2, 0) is 14.8 Å². The number of primary amides is 1. The summed E-state index contributed by atoms with van der Waals surface area (Å²) in [6, 6.07) is 11.3. The molecule has 1 aliphatic rings. The van der Waals surface area contributed by atoms with Crippen molar-refractivity contribution in [1.82, 2.24) is 8.96 Å². The Kier molecular flexibility index (Phi) is 5.67. The minimum Gasteiger partial charge on any atom is -0.449 e. The quantitative estimate of drug-likeness (QED) is 0.525. The average molecular weight is 518 g/mol. The first-order valence-electron chi connectivity index (χ1n) is 10.1. The number of carbonyl (C=O) groups is 1. The molecular formula is C23H24BrN3O4S. The zero-order valence-electron chi connectivity index (χ0n) is 17.9. The number of nitrogens with two attached hydrogens (primary N) is 1. The second-order valence-electron chi connectivity index (χ2n) is 9.00. The third kappa shape index (κ3) is 4.06. The van der Waals surface area contributed by atoms with Crippen molar-refractivity contribution in [3.8, 4) is 11.3 Å². The Morgan fingerprint density at radius 1 is 1.22 bits per heavy atom. The summed E-state index contributed by atoms with van der Waals surface area (Å²) < 4.78 is 34.2. The second kappa shape index (κ2) is 8.04. The van der Waals surface area contributed by atoms with E-state index in [-0.39, 0.29) is 28.8 Å². The summed E-state index contributed by atoms with van der Waals surface area (Å²) in [5, 5.41) is 0. The molecule has 2 unspecified atom stereocenters. The summed E-state index contributed by atoms with van der Waals surface area (Å²) in [5.74, 6) is -0.324. The number of carbonyl (C=O) groups excluding carboxylic acids is 1. The van der Waals surface area contributed by atoms with E-state index in [0.29, 0.717) is 10.2 Å². The number of pyridine rings is 1. The maximum atomic E-state index is 13.5. The molecule has 7 nitrogen and oxygen atoms in total. The van der Waals surface area contributed by atoms with Gasteiger partial charge in [0.25, 0.3) is 10.0 Å². The van der Waals surface area contributed by atoms with E-state index in [2.05, 4.69) is 41.7 Å². The Labute approximate surface area is 195 Å². The van der Waals surface area contributed by atoms with Crippen molar-refractivity contribution in [3.63, 3.8) is 0 Å². The van der Waals surface area contributed by atoms with Crippen LogP contribution in [0.4, 0.5) is 4.79 Å². The molecule has 0 fully saturated rings. The van der Waals surface area contributed by atoms with Gasteiger partial charge in [-0.25, -0.2) is 17.2 Å². The number of rotatable bonds is 5.